The highest BCUT2D eigenvalue weighted by atomic mass is 19.1. The molecule has 202 valence electrons. The zero-order valence-electron chi connectivity index (χ0n) is 20.8. The second-order valence-corrected chi connectivity index (χ2v) is 8.53. The summed E-state index contributed by atoms with van der Waals surface area (Å²) >= 11 is 0. The molecule has 0 bridgehead atoms. The summed E-state index contributed by atoms with van der Waals surface area (Å²) in [5.41, 5.74) is 0.462. The van der Waals surface area contributed by atoms with Crippen molar-refractivity contribution >= 4 is 23.9 Å². The lowest BCUT2D eigenvalue weighted by Crippen LogP contribution is -2.60. The molecule has 0 aromatic heterocycles. The maximum Gasteiger partial charge on any atom is 0.338 e. The Balaban J connectivity index is 1.60. The Labute approximate surface area is 223 Å². The Morgan fingerprint density at radius 2 is 1.10 bits per heavy atom. The van der Waals surface area contributed by atoms with E-state index in [2.05, 4.69) is 0 Å². The van der Waals surface area contributed by atoms with Crippen molar-refractivity contribution in [2.75, 3.05) is 6.61 Å². The zero-order valence-corrected chi connectivity index (χ0v) is 20.8. The fraction of sp³-hybridized carbons (Fsp3) is 0.241. The van der Waals surface area contributed by atoms with Gasteiger partial charge in [0.2, 0.25) is 12.4 Å². The molecule has 1 aliphatic rings. The van der Waals surface area contributed by atoms with Gasteiger partial charge in [0.05, 0.1) is 16.7 Å². The van der Waals surface area contributed by atoms with Gasteiger partial charge in [0.1, 0.15) is 12.7 Å². The highest BCUT2D eigenvalue weighted by Gasteiger charge is 2.53. The fourth-order valence-electron chi connectivity index (χ4n) is 3.86. The van der Waals surface area contributed by atoms with Crippen molar-refractivity contribution in [2.24, 2.45) is 0 Å². The fourth-order valence-corrected chi connectivity index (χ4v) is 3.86. The van der Waals surface area contributed by atoms with Gasteiger partial charge in [-0.25, -0.2) is 18.8 Å². The van der Waals surface area contributed by atoms with Crippen LogP contribution in [0.25, 0.3) is 0 Å². The molecule has 3 aromatic carbocycles. The molecule has 1 heterocycles. The van der Waals surface area contributed by atoms with Crippen molar-refractivity contribution in [2.45, 2.75) is 37.7 Å². The third-order valence-corrected chi connectivity index (χ3v) is 5.75. The molecule has 3 aromatic rings. The van der Waals surface area contributed by atoms with E-state index in [9.17, 15) is 19.2 Å². The van der Waals surface area contributed by atoms with Crippen molar-refractivity contribution in [1.82, 2.24) is 0 Å². The van der Waals surface area contributed by atoms with Crippen LogP contribution >= 0.6 is 0 Å². The minimum absolute atomic E-state index is 0.111. The van der Waals surface area contributed by atoms with Gasteiger partial charge in [-0.3, -0.25) is 4.79 Å². The van der Waals surface area contributed by atoms with Crippen LogP contribution < -0.4 is 0 Å². The number of carbonyl (C=O) groups is 4. The molecule has 10 heteroatoms. The smallest absolute Gasteiger partial charge is 0.338 e. The van der Waals surface area contributed by atoms with Crippen molar-refractivity contribution in [3.63, 3.8) is 0 Å². The Bertz CT molecular complexity index is 1280. The first kappa shape index (κ1) is 27.5. The first-order valence-electron chi connectivity index (χ1n) is 12.0. The summed E-state index contributed by atoms with van der Waals surface area (Å²) < 4.78 is 42.9. The van der Waals surface area contributed by atoms with Crippen molar-refractivity contribution in [3.8, 4) is 0 Å². The van der Waals surface area contributed by atoms with Gasteiger partial charge < -0.3 is 23.7 Å². The van der Waals surface area contributed by atoms with Gasteiger partial charge in [-0.05, 0) is 36.4 Å². The molecule has 39 heavy (non-hydrogen) atoms. The van der Waals surface area contributed by atoms with Gasteiger partial charge in [-0.2, -0.15) is 0 Å². The van der Waals surface area contributed by atoms with E-state index in [4.69, 9.17) is 23.7 Å². The summed E-state index contributed by atoms with van der Waals surface area (Å²) in [6, 6.07) is 23.6. The van der Waals surface area contributed by atoms with Crippen molar-refractivity contribution in [1.29, 1.82) is 0 Å². The molecular formula is C29H25FO9. The van der Waals surface area contributed by atoms with E-state index in [1.165, 1.54) is 36.4 Å². The zero-order chi connectivity index (χ0) is 27.8. The molecule has 5 unspecified atom stereocenters. The molecule has 5 atom stereocenters. The Morgan fingerprint density at radius 1 is 0.667 bits per heavy atom. The van der Waals surface area contributed by atoms with Crippen LogP contribution in [0.1, 0.15) is 38.0 Å². The highest BCUT2D eigenvalue weighted by Crippen LogP contribution is 2.31. The third-order valence-electron chi connectivity index (χ3n) is 5.75. The van der Waals surface area contributed by atoms with Crippen LogP contribution in [0.2, 0.25) is 0 Å². The maximum atomic E-state index is 15.9. The lowest BCUT2D eigenvalue weighted by Gasteiger charge is -2.41. The molecular weight excluding hydrogens is 511 g/mol. The molecule has 0 spiro atoms. The largest absolute Gasteiger partial charge is 0.459 e. The predicted octanol–water partition coefficient (Wildman–Crippen LogP) is 3.92. The third kappa shape index (κ3) is 7.05. The maximum absolute atomic E-state index is 15.9. The number of halogens is 1. The number of esters is 4. The van der Waals surface area contributed by atoms with E-state index in [0.717, 1.165) is 6.92 Å². The summed E-state index contributed by atoms with van der Waals surface area (Å²) in [6.07, 6.45) is -8.78. The Hall–Kier alpha value is -4.57. The summed E-state index contributed by atoms with van der Waals surface area (Å²) in [6.45, 7) is 0.474. The first-order chi connectivity index (χ1) is 18.8. The van der Waals surface area contributed by atoms with Gasteiger partial charge in [0.15, 0.2) is 12.3 Å². The SMILES string of the molecule is CC(=O)OC1OC(COC(=O)c2ccccc2)C(F)C(OC(=O)c2ccccc2)C1OC(=O)c1ccccc1. The van der Waals surface area contributed by atoms with Gasteiger partial charge >= 0.3 is 23.9 Å². The van der Waals surface area contributed by atoms with E-state index >= 15 is 4.39 Å². The van der Waals surface area contributed by atoms with E-state index < -0.39 is 61.3 Å². The number of ether oxygens (including phenoxy) is 5. The van der Waals surface area contributed by atoms with Gasteiger partial charge in [0.25, 0.3) is 0 Å². The van der Waals surface area contributed by atoms with Crippen LogP contribution in [0, 0.1) is 0 Å². The molecule has 0 radical (unpaired) electrons. The quantitative estimate of drug-likeness (QED) is 0.312. The van der Waals surface area contributed by atoms with E-state index in [0.29, 0.717) is 0 Å². The molecule has 1 saturated heterocycles. The average Bonchev–Trinajstić information content (AvgIpc) is 2.96. The normalized spacial score (nSPS) is 22.3. The van der Waals surface area contributed by atoms with Crippen LogP contribution in [0.15, 0.2) is 91.0 Å². The lowest BCUT2D eigenvalue weighted by atomic mass is 9.99. The molecule has 0 saturated carbocycles. The van der Waals surface area contributed by atoms with Crippen LogP contribution in [-0.2, 0) is 28.5 Å². The minimum Gasteiger partial charge on any atom is -0.459 e. The Morgan fingerprint density at radius 3 is 1.56 bits per heavy atom. The topological polar surface area (TPSA) is 114 Å². The van der Waals surface area contributed by atoms with Gasteiger partial charge in [0, 0.05) is 6.92 Å². The summed E-state index contributed by atoms with van der Waals surface area (Å²) in [7, 11) is 0. The first-order valence-corrected chi connectivity index (χ1v) is 12.0. The number of benzene rings is 3. The highest BCUT2D eigenvalue weighted by molar-refractivity contribution is 5.90. The summed E-state index contributed by atoms with van der Waals surface area (Å²) in [5.74, 6) is -3.37. The van der Waals surface area contributed by atoms with Crippen LogP contribution in [0.3, 0.4) is 0 Å². The standard InChI is InChI=1S/C29H25FO9/c1-18(31)36-29-25(39-28(34)21-15-9-4-10-16-21)24(38-27(33)20-13-7-3-8-14-20)23(30)22(37-29)17-35-26(32)19-11-5-2-6-12-19/h2-16,22-25,29H,17H2,1H3. The molecule has 0 aliphatic carbocycles. The molecule has 1 aliphatic heterocycles. The molecule has 9 nitrogen and oxygen atoms in total. The van der Waals surface area contributed by atoms with Gasteiger partial charge in [-0.15, -0.1) is 0 Å². The summed E-state index contributed by atoms with van der Waals surface area (Å²) in [5, 5.41) is 0. The van der Waals surface area contributed by atoms with E-state index in [1.54, 1.807) is 54.6 Å². The van der Waals surface area contributed by atoms with Crippen molar-refractivity contribution < 1.29 is 47.3 Å². The minimum atomic E-state index is -2.14. The van der Waals surface area contributed by atoms with E-state index in [1.807, 2.05) is 0 Å². The molecule has 0 amide bonds. The number of alkyl halides is 1. The predicted molar refractivity (Wildman–Crippen MR) is 133 cm³/mol. The average molecular weight is 537 g/mol. The molecule has 1 fully saturated rings. The second kappa shape index (κ2) is 12.8. The molecule has 0 N–H and O–H groups in total. The summed E-state index contributed by atoms with van der Waals surface area (Å²) in [4.78, 5) is 50.0. The van der Waals surface area contributed by atoms with Crippen LogP contribution in [0.4, 0.5) is 4.39 Å². The monoisotopic (exact) mass is 536 g/mol. The lowest BCUT2D eigenvalue weighted by molar-refractivity contribution is -0.280. The van der Waals surface area contributed by atoms with Crippen LogP contribution in [-0.4, -0.2) is 61.3 Å². The van der Waals surface area contributed by atoms with Crippen LogP contribution in [0.5, 0.6) is 0 Å². The van der Waals surface area contributed by atoms with Gasteiger partial charge in [-0.1, -0.05) is 54.6 Å². The molecule has 4 rings (SSSR count). The number of carbonyl (C=O) groups excluding carboxylic acids is 4. The Kier molecular flexibility index (Phi) is 9.01. The number of rotatable bonds is 8. The number of hydrogen-bond donors (Lipinski definition) is 0. The second-order valence-electron chi connectivity index (χ2n) is 8.53. The number of hydrogen-bond acceptors (Lipinski definition) is 9. The van der Waals surface area contributed by atoms with E-state index in [-0.39, 0.29) is 16.7 Å². The van der Waals surface area contributed by atoms with Crippen molar-refractivity contribution in [3.05, 3.63) is 108 Å².